The average Bonchev–Trinajstić information content (AvgIpc) is 3.03. The number of esters is 1. The SMILES string of the molecule is COc1ccc(CN(Cc2ccc(OC)cc2)S(=O)(=O)C[C@@H](C)C2(C)C=C([C@H](O)[C@@H]3CCC3COC(=O)c3ccccc3)C2)cc1. The Balaban J connectivity index is 1.22. The van der Waals surface area contributed by atoms with Gasteiger partial charge in [-0.05, 0) is 95.5 Å². The first-order valence-electron chi connectivity index (χ1n) is 15.9. The molecule has 2 aliphatic carbocycles. The molecule has 1 N–H and O–H groups in total. The summed E-state index contributed by atoms with van der Waals surface area (Å²) in [5.41, 5.74) is 2.86. The zero-order valence-electron chi connectivity index (χ0n) is 27.1. The van der Waals surface area contributed by atoms with Gasteiger partial charge >= 0.3 is 5.97 Å². The molecule has 0 saturated heterocycles. The Hall–Kier alpha value is -3.66. The van der Waals surface area contributed by atoms with Crippen LogP contribution in [-0.2, 0) is 27.8 Å². The first-order chi connectivity index (χ1) is 22.0. The van der Waals surface area contributed by atoms with E-state index in [0.717, 1.165) is 29.5 Å². The van der Waals surface area contributed by atoms with Gasteiger partial charge in [0.25, 0.3) is 0 Å². The second kappa shape index (κ2) is 14.4. The van der Waals surface area contributed by atoms with E-state index >= 15 is 0 Å². The molecule has 3 aromatic carbocycles. The third-order valence-corrected chi connectivity index (χ3v) is 11.8. The highest BCUT2D eigenvalue weighted by Gasteiger charge is 2.46. The standard InChI is InChI=1S/C37H45NO7S/c1-26(37(2)20-31(21-37)35(39)34-19-14-30(34)24-45-36(40)29-8-6-5-7-9-29)25-46(41,42)38(22-27-10-15-32(43-3)16-11-27)23-28-12-17-33(44-4)18-13-28/h5-13,15-18,20,26,30,34-35,39H,14,19,21-25H2,1-4H3/t26-,30?,34-,35+,37?/m1/s1. The predicted molar refractivity (Wildman–Crippen MR) is 178 cm³/mol. The molecule has 0 amide bonds. The number of allylic oxidation sites excluding steroid dienone is 1. The van der Waals surface area contributed by atoms with Crippen molar-refractivity contribution in [2.45, 2.75) is 52.3 Å². The smallest absolute Gasteiger partial charge is 0.338 e. The van der Waals surface area contributed by atoms with E-state index in [2.05, 4.69) is 13.0 Å². The Morgan fingerprint density at radius 3 is 1.93 bits per heavy atom. The lowest BCUT2D eigenvalue weighted by atomic mass is 9.60. The van der Waals surface area contributed by atoms with Crippen LogP contribution in [0.1, 0.15) is 54.6 Å². The van der Waals surface area contributed by atoms with Crippen LogP contribution < -0.4 is 9.47 Å². The second-order valence-corrected chi connectivity index (χ2v) is 15.0. The Morgan fingerprint density at radius 2 is 1.46 bits per heavy atom. The molecule has 1 fully saturated rings. The van der Waals surface area contributed by atoms with Crippen LogP contribution in [0.3, 0.4) is 0 Å². The van der Waals surface area contributed by atoms with Gasteiger partial charge in [-0.15, -0.1) is 0 Å². The van der Waals surface area contributed by atoms with Crippen LogP contribution in [-0.4, -0.2) is 56.5 Å². The van der Waals surface area contributed by atoms with Crippen molar-refractivity contribution >= 4 is 16.0 Å². The van der Waals surface area contributed by atoms with Crippen molar-refractivity contribution in [3.05, 3.63) is 107 Å². The summed E-state index contributed by atoms with van der Waals surface area (Å²) in [6.45, 7) is 4.80. The zero-order valence-corrected chi connectivity index (χ0v) is 27.9. The third-order valence-electron chi connectivity index (χ3n) is 9.82. The van der Waals surface area contributed by atoms with Gasteiger partial charge in [-0.25, -0.2) is 13.2 Å². The minimum Gasteiger partial charge on any atom is -0.497 e. The number of hydrogen-bond acceptors (Lipinski definition) is 7. The minimum absolute atomic E-state index is 0.0167. The molecule has 0 aliphatic heterocycles. The van der Waals surface area contributed by atoms with Gasteiger partial charge in [0.05, 0.1) is 38.2 Å². The second-order valence-electron chi connectivity index (χ2n) is 13.0. The number of carbonyl (C=O) groups excluding carboxylic acids is 1. The summed E-state index contributed by atoms with van der Waals surface area (Å²) in [7, 11) is -0.468. The summed E-state index contributed by atoms with van der Waals surface area (Å²) < 4.78 is 45.7. The van der Waals surface area contributed by atoms with Crippen LogP contribution >= 0.6 is 0 Å². The number of benzene rings is 3. The molecule has 0 aromatic heterocycles. The van der Waals surface area contributed by atoms with Crippen molar-refractivity contribution in [1.82, 2.24) is 4.31 Å². The Labute approximate surface area is 273 Å². The number of carbonyl (C=O) groups is 1. The molecule has 5 rings (SSSR count). The van der Waals surface area contributed by atoms with Crippen LogP contribution in [0.5, 0.6) is 11.5 Å². The Kier molecular flexibility index (Phi) is 10.6. The van der Waals surface area contributed by atoms with Gasteiger partial charge in [0.15, 0.2) is 0 Å². The van der Waals surface area contributed by atoms with Crippen LogP contribution in [0.2, 0.25) is 0 Å². The summed E-state index contributed by atoms with van der Waals surface area (Å²) >= 11 is 0. The average molecular weight is 648 g/mol. The molecule has 0 radical (unpaired) electrons. The van der Waals surface area contributed by atoms with Crippen molar-refractivity contribution in [2.24, 2.45) is 23.2 Å². The van der Waals surface area contributed by atoms with E-state index in [1.165, 1.54) is 0 Å². The number of aliphatic hydroxyl groups is 1. The highest BCUT2D eigenvalue weighted by Crippen LogP contribution is 2.50. The highest BCUT2D eigenvalue weighted by molar-refractivity contribution is 7.89. The van der Waals surface area contributed by atoms with E-state index in [1.807, 2.05) is 61.5 Å². The monoisotopic (exact) mass is 647 g/mol. The topological polar surface area (TPSA) is 102 Å². The maximum absolute atomic E-state index is 14.0. The zero-order chi connectivity index (χ0) is 32.9. The molecule has 2 unspecified atom stereocenters. The molecule has 5 atom stereocenters. The Morgan fingerprint density at radius 1 is 0.913 bits per heavy atom. The van der Waals surface area contributed by atoms with Crippen molar-refractivity contribution in [1.29, 1.82) is 0 Å². The fraction of sp³-hybridized carbons (Fsp3) is 0.432. The lowest BCUT2D eigenvalue weighted by molar-refractivity contribution is -0.0167. The Bertz CT molecular complexity index is 1560. The summed E-state index contributed by atoms with van der Waals surface area (Å²) in [6, 6.07) is 23.8. The molecule has 0 heterocycles. The van der Waals surface area contributed by atoms with Crippen LogP contribution in [0.25, 0.3) is 0 Å². The molecule has 46 heavy (non-hydrogen) atoms. The number of aliphatic hydroxyl groups excluding tert-OH is 1. The van der Waals surface area contributed by atoms with Gasteiger partial charge in [0, 0.05) is 13.1 Å². The lowest BCUT2D eigenvalue weighted by Gasteiger charge is -2.47. The molecule has 9 heteroatoms. The van der Waals surface area contributed by atoms with Crippen molar-refractivity contribution in [3.63, 3.8) is 0 Å². The van der Waals surface area contributed by atoms with E-state index in [9.17, 15) is 18.3 Å². The van der Waals surface area contributed by atoms with E-state index < -0.39 is 16.1 Å². The summed E-state index contributed by atoms with van der Waals surface area (Å²) in [6.07, 6.45) is 3.86. The number of hydrogen-bond donors (Lipinski definition) is 1. The van der Waals surface area contributed by atoms with E-state index in [1.54, 1.807) is 42.8 Å². The van der Waals surface area contributed by atoms with E-state index in [0.29, 0.717) is 23.5 Å². The summed E-state index contributed by atoms with van der Waals surface area (Å²) in [5.74, 6) is 1.03. The third kappa shape index (κ3) is 7.82. The fourth-order valence-electron chi connectivity index (χ4n) is 6.41. The van der Waals surface area contributed by atoms with Gasteiger partial charge in [-0.3, -0.25) is 0 Å². The van der Waals surface area contributed by atoms with Crippen LogP contribution in [0, 0.1) is 23.2 Å². The molecular weight excluding hydrogens is 602 g/mol. The molecule has 2 aliphatic rings. The molecular formula is C37H45NO7S. The number of methoxy groups -OCH3 is 2. The lowest BCUT2D eigenvalue weighted by Crippen LogP contribution is -2.45. The van der Waals surface area contributed by atoms with Crippen LogP contribution in [0.4, 0.5) is 0 Å². The number of sulfonamides is 1. The normalized spacial score (nSPS) is 22.2. The molecule has 0 spiro atoms. The number of ether oxygens (including phenoxy) is 3. The van der Waals surface area contributed by atoms with Crippen molar-refractivity contribution in [2.75, 3.05) is 26.6 Å². The first kappa shape index (κ1) is 33.7. The highest BCUT2D eigenvalue weighted by atomic mass is 32.2. The maximum Gasteiger partial charge on any atom is 0.338 e. The molecule has 246 valence electrons. The van der Waals surface area contributed by atoms with Gasteiger partial charge in [-0.1, -0.05) is 62.4 Å². The first-order valence-corrected chi connectivity index (χ1v) is 17.5. The van der Waals surface area contributed by atoms with Gasteiger partial charge in [-0.2, -0.15) is 4.31 Å². The summed E-state index contributed by atoms with van der Waals surface area (Å²) in [4.78, 5) is 12.4. The largest absolute Gasteiger partial charge is 0.497 e. The minimum atomic E-state index is -3.67. The fourth-order valence-corrected chi connectivity index (χ4v) is 8.32. The van der Waals surface area contributed by atoms with Crippen molar-refractivity contribution in [3.8, 4) is 11.5 Å². The maximum atomic E-state index is 14.0. The van der Waals surface area contributed by atoms with Gasteiger partial charge in [0.2, 0.25) is 10.0 Å². The van der Waals surface area contributed by atoms with Gasteiger partial charge < -0.3 is 19.3 Å². The van der Waals surface area contributed by atoms with Crippen molar-refractivity contribution < 1.29 is 32.5 Å². The quantitative estimate of drug-likeness (QED) is 0.154. The molecule has 1 saturated carbocycles. The molecule has 0 bridgehead atoms. The predicted octanol–water partition coefficient (Wildman–Crippen LogP) is 6.25. The van der Waals surface area contributed by atoms with Crippen LogP contribution in [0.15, 0.2) is 90.5 Å². The summed E-state index contributed by atoms with van der Waals surface area (Å²) in [5, 5.41) is 11.2. The number of nitrogens with zero attached hydrogens (tertiary/aromatic N) is 1. The molecule has 8 nitrogen and oxygen atoms in total. The number of rotatable bonds is 15. The van der Waals surface area contributed by atoms with E-state index in [4.69, 9.17) is 14.2 Å². The van der Waals surface area contributed by atoms with Gasteiger partial charge in [0.1, 0.15) is 11.5 Å². The van der Waals surface area contributed by atoms with E-state index in [-0.39, 0.29) is 54.6 Å². The molecule has 3 aromatic rings.